The number of amides is 2. The summed E-state index contributed by atoms with van der Waals surface area (Å²) in [6.45, 7) is 0.178. The standard InChI is InChI=1S/C13H20N2O3S/c16-11-9-15(10-3-7-19(18)8-4-10)12(17)13(14-11)5-1-2-6-13/h10H,1-9H2,(H,14,16). The minimum Gasteiger partial charge on any atom is -0.340 e. The van der Waals surface area contributed by atoms with Gasteiger partial charge in [-0.25, -0.2) is 0 Å². The van der Waals surface area contributed by atoms with Crippen molar-refractivity contribution in [2.75, 3.05) is 18.1 Å². The van der Waals surface area contributed by atoms with E-state index in [1.165, 1.54) is 0 Å². The summed E-state index contributed by atoms with van der Waals surface area (Å²) in [7, 11) is -0.734. The van der Waals surface area contributed by atoms with Gasteiger partial charge in [-0.2, -0.15) is 0 Å². The minimum absolute atomic E-state index is 0.0341. The van der Waals surface area contributed by atoms with Gasteiger partial charge in [-0.1, -0.05) is 12.8 Å². The number of nitrogens with one attached hydrogen (secondary N) is 1. The topological polar surface area (TPSA) is 66.5 Å². The molecule has 3 fully saturated rings. The molecule has 5 nitrogen and oxygen atoms in total. The third kappa shape index (κ3) is 2.30. The number of carbonyl (C=O) groups is 2. The smallest absolute Gasteiger partial charge is 0.249 e. The summed E-state index contributed by atoms with van der Waals surface area (Å²) in [6.07, 6.45) is 5.09. The van der Waals surface area contributed by atoms with Crippen molar-refractivity contribution < 1.29 is 13.8 Å². The Kier molecular flexibility index (Phi) is 3.37. The Balaban J connectivity index is 1.78. The molecule has 0 radical (unpaired) electrons. The van der Waals surface area contributed by atoms with Gasteiger partial charge in [-0.15, -0.1) is 0 Å². The summed E-state index contributed by atoms with van der Waals surface area (Å²) >= 11 is 0. The molecule has 3 aliphatic rings. The first-order valence-corrected chi connectivity index (χ1v) is 8.57. The summed E-state index contributed by atoms with van der Waals surface area (Å²) in [4.78, 5) is 26.4. The average molecular weight is 284 g/mol. The lowest BCUT2D eigenvalue weighted by Crippen LogP contribution is -2.67. The number of carbonyl (C=O) groups excluding carboxylic acids is 2. The predicted molar refractivity (Wildman–Crippen MR) is 72.0 cm³/mol. The highest BCUT2D eigenvalue weighted by atomic mass is 32.2. The second kappa shape index (κ2) is 4.89. The molecule has 0 bridgehead atoms. The second-order valence-corrected chi connectivity index (χ2v) is 7.55. The highest BCUT2D eigenvalue weighted by Gasteiger charge is 2.49. The summed E-state index contributed by atoms with van der Waals surface area (Å²) in [5, 5.41) is 2.93. The van der Waals surface area contributed by atoms with Crippen LogP contribution in [0.15, 0.2) is 0 Å². The van der Waals surface area contributed by atoms with Gasteiger partial charge >= 0.3 is 0 Å². The first kappa shape index (κ1) is 13.1. The Morgan fingerprint density at radius 1 is 1.16 bits per heavy atom. The fraction of sp³-hybridized carbons (Fsp3) is 0.846. The number of rotatable bonds is 1. The molecule has 3 rings (SSSR count). The lowest BCUT2D eigenvalue weighted by atomic mass is 9.91. The summed E-state index contributed by atoms with van der Waals surface area (Å²) < 4.78 is 11.4. The summed E-state index contributed by atoms with van der Waals surface area (Å²) in [5.41, 5.74) is -0.619. The third-order valence-electron chi connectivity index (χ3n) is 4.62. The van der Waals surface area contributed by atoms with Crippen molar-refractivity contribution in [3.63, 3.8) is 0 Å². The molecule has 0 aromatic heterocycles. The van der Waals surface area contributed by atoms with E-state index in [4.69, 9.17) is 0 Å². The van der Waals surface area contributed by atoms with E-state index in [9.17, 15) is 13.8 Å². The van der Waals surface area contributed by atoms with Gasteiger partial charge < -0.3 is 10.2 Å². The Morgan fingerprint density at radius 3 is 2.42 bits per heavy atom. The maximum absolute atomic E-state index is 12.7. The van der Waals surface area contributed by atoms with Crippen molar-refractivity contribution in [3.8, 4) is 0 Å². The van der Waals surface area contributed by atoms with Crippen LogP contribution in [0.25, 0.3) is 0 Å². The molecule has 1 spiro atoms. The zero-order valence-corrected chi connectivity index (χ0v) is 11.8. The fourth-order valence-electron chi connectivity index (χ4n) is 3.57. The van der Waals surface area contributed by atoms with Crippen LogP contribution in [0.4, 0.5) is 0 Å². The van der Waals surface area contributed by atoms with Crippen molar-refractivity contribution >= 4 is 22.6 Å². The highest BCUT2D eigenvalue weighted by molar-refractivity contribution is 7.85. The normalized spacial score (nSPS) is 34.6. The first-order chi connectivity index (χ1) is 9.11. The molecular weight excluding hydrogens is 264 g/mol. The van der Waals surface area contributed by atoms with Crippen LogP contribution in [0, 0.1) is 0 Å². The predicted octanol–water partition coefficient (Wildman–Crippen LogP) is 0.169. The van der Waals surface area contributed by atoms with Crippen molar-refractivity contribution in [2.24, 2.45) is 0 Å². The summed E-state index contributed by atoms with van der Waals surface area (Å²) in [5.74, 6) is 1.38. The van der Waals surface area contributed by atoms with E-state index in [1.54, 1.807) is 4.90 Å². The molecular formula is C13H20N2O3S. The summed E-state index contributed by atoms with van der Waals surface area (Å²) in [6, 6.07) is 0.105. The van der Waals surface area contributed by atoms with E-state index in [2.05, 4.69) is 5.32 Å². The molecule has 0 atom stereocenters. The molecule has 19 heavy (non-hydrogen) atoms. The molecule has 0 aromatic carbocycles. The molecule has 0 unspecified atom stereocenters. The van der Waals surface area contributed by atoms with Crippen molar-refractivity contribution in [2.45, 2.75) is 50.1 Å². The van der Waals surface area contributed by atoms with E-state index in [0.717, 1.165) is 38.5 Å². The van der Waals surface area contributed by atoms with Crippen LogP contribution in [0.5, 0.6) is 0 Å². The Bertz CT molecular complexity index is 422. The van der Waals surface area contributed by atoms with Gasteiger partial charge in [0.15, 0.2) is 0 Å². The lowest BCUT2D eigenvalue weighted by Gasteiger charge is -2.44. The van der Waals surface area contributed by atoms with E-state index in [-0.39, 0.29) is 24.4 Å². The fourth-order valence-corrected chi connectivity index (χ4v) is 4.84. The largest absolute Gasteiger partial charge is 0.340 e. The van der Waals surface area contributed by atoms with Gasteiger partial charge in [0.2, 0.25) is 11.8 Å². The van der Waals surface area contributed by atoms with Gasteiger partial charge in [0.05, 0.1) is 6.54 Å². The number of piperazine rings is 1. The first-order valence-electron chi connectivity index (χ1n) is 7.08. The number of nitrogens with zero attached hydrogens (tertiary/aromatic N) is 1. The number of hydrogen-bond acceptors (Lipinski definition) is 3. The molecule has 2 heterocycles. The molecule has 2 aliphatic heterocycles. The zero-order valence-electron chi connectivity index (χ0n) is 11.0. The van der Waals surface area contributed by atoms with E-state index in [1.807, 2.05) is 0 Å². The lowest BCUT2D eigenvalue weighted by molar-refractivity contribution is -0.152. The second-order valence-electron chi connectivity index (χ2n) is 5.85. The van der Waals surface area contributed by atoms with E-state index >= 15 is 0 Å². The minimum atomic E-state index is -0.734. The van der Waals surface area contributed by atoms with Gasteiger partial charge in [-0.05, 0) is 25.7 Å². The van der Waals surface area contributed by atoms with Crippen molar-refractivity contribution in [3.05, 3.63) is 0 Å². The SMILES string of the molecule is O=C1CN(C2CCS(=O)CC2)C(=O)C2(CCCC2)N1. The van der Waals surface area contributed by atoms with Crippen LogP contribution in [-0.2, 0) is 20.4 Å². The van der Waals surface area contributed by atoms with Crippen molar-refractivity contribution in [1.29, 1.82) is 0 Å². The zero-order chi connectivity index (χ0) is 13.5. The van der Waals surface area contributed by atoms with Crippen LogP contribution >= 0.6 is 0 Å². The Morgan fingerprint density at radius 2 is 1.79 bits per heavy atom. The van der Waals surface area contributed by atoms with Crippen LogP contribution in [0.3, 0.4) is 0 Å². The quantitative estimate of drug-likeness (QED) is 0.746. The van der Waals surface area contributed by atoms with E-state index in [0.29, 0.717) is 11.5 Å². The molecule has 106 valence electrons. The molecule has 0 aromatic rings. The molecule has 2 saturated heterocycles. The van der Waals surface area contributed by atoms with Crippen LogP contribution in [0.2, 0.25) is 0 Å². The molecule has 6 heteroatoms. The van der Waals surface area contributed by atoms with Crippen molar-refractivity contribution in [1.82, 2.24) is 10.2 Å². The Labute approximate surface area is 115 Å². The maximum atomic E-state index is 12.7. The van der Waals surface area contributed by atoms with Gasteiger partial charge in [0.25, 0.3) is 0 Å². The van der Waals surface area contributed by atoms with Gasteiger partial charge in [0, 0.05) is 28.3 Å². The highest BCUT2D eigenvalue weighted by Crippen LogP contribution is 2.34. The van der Waals surface area contributed by atoms with Gasteiger partial charge in [0.1, 0.15) is 5.54 Å². The molecule has 2 amide bonds. The number of hydrogen-bond donors (Lipinski definition) is 1. The van der Waals surface area contributed by atoms with E-state index < -0.39 is 16.3 Å². The monoisotopic (exact) mass is 284 g/mol. The molecule has 1 N–H and O–H groups in total. The van der Waals surface area contributed by atoms with Gasteiger partial charge in [-0.3, -0.25) is 13.8 Å². The Hall–Kier alpha value is -0.910. The van der Waals surface area contributed by atoms with Crippen LogP contribution in [-0.4, -0.2) is 50.6 Å². The van der Waals surface area contributed by atoms with Crippen LogP contribution < -0.4 is 5.32 Å². The van der Waals surface area contributed by atoms with Crippen LogP contribution in [0.1, 0.15) is 38.5 Å². The average Bonchev–Trinajstić information content (AvgIpc) is 2.84. The third-order valence-corrected chi connectivity index (χ3v) is 6.00. The molecule has 1 aliphatic carbocycles. The molecule has 1 saturated carbocycles. The maximum Gasteiger partial charge on any atom is 0.249 e.